The second-order valence-corrected chi connectivity index (χ2v) is 5.47. The van der Waals surface area contributed by atoms with Crippen LogP contribution in [0.1, 0.15) is 24.3 Å². The Bertz CT molecular complexity index is 686. The highest BCUT2D eigenvalue weighted by molar-refractivity contribution is 5.92. The summed E-state index contributed by atoms with van der Waals surface area (Å²) in [5.41, 5.74) is 0.0965. The van der Waals surface area contributed by atoms with Crippen LogP contribution in [-0.2, 0) is 35.1 Å². The maximum atomic E-state index is 11.8. The SMILES string of the molecule is COC(=O)c1ncn2c1N[C@@H]1O[C@H](C2)[C@H](OC(C)=O)C1OC(C)=O. The van der Waals surface area contributed by atoms with Gasteiger partial charge in [-0.3, -0.25) is 9.59 Å². The van der Waals surface area contributed by atoms with Crippen molar-refractivity contribution in [1.29, 1.82) is 0 Å². The number of ether oxygens (including phenoxy) is 4. The predicted molar refractivity (Wildman–Crippen MR) is 77.0 cm³/mol. The highest BCUT2D eigenvalue weighted by Crippen LogP contribution is 2.34. The third-order valence-electron chi connectivity index (χ3n) is 3.79. The average Bonchev–Trinajstić information content (AvgIpc) is 2.95. The van der Waals surface area contributed by atoms with Crippen LogP contribution in [0.15, 0.2) is 6.33 Å². The molecule has 2 aliphatic rings. The quantitative estimate of drug-likeness (QED) is 0.584. The number of rotatable bonds is 3. The van der Waals surface area contributed by atoms with Gasteiger partial charge in [-0.25, -0.2) is 9.78 Å². The molecule has 3 heterocycles. The first-order valence-corrected chi connectivity index (χ1v) is 7.30. The maximum absolute atomic E-state index is 11.8. The normalized spacial score (nSPS) is 27.5. The van der Waals surface area contributed by atoms with Crippen molar-refractivity contribution in [3.63, 3.8) is 0 Å². The molecular weight excluding hydrogens is 322 g/mol. The zero-order valence-electron chi connectivity index (χ0n) is 13.3. The molecule has 0 saturated carbocycles. The van der Waals surface area contributed by atoms with Gasteiger partial charge in [-0.15, -0.1) is 0 Å². The van der Waals surface area contributed by atoms with Gasteiger partial charge < -0.3 is 28.8 Å². The lowest BCUT2D eigenvalue weighted by Crippen LogP contribution is -2.44. The molecule has 3 rings (SSSR count). The standard InChI is InChI=1S/C14H17N3O7/c1-6(18)22-10-8-4-17-5-15-9(14(20)21-3)12(17)16-13(24-8)11(10)23-7(2)19/h5,8,10-11,13,16H,4H2,1-3H3/t8-,10+,11?,13-/m1/s1. The van der Waals surface area contributed by atoms with E-state index in [4.69, 9.17) is 18.9 Å². The number of carbonyl (C=O) groups excluding carboxylic acids is 3. The average molecular weight is 339 g/mol. The van der Waals surface area contributed by atoms with E-state index in [9.17, 15) is 14.4 Å². The van der Waals surface area contributed by atoms with Gasteiger partial charge in [-0.05, 0) is 0 Å². The third kappa shape index (κ3) is 2.80. The molecule has 0 aromatic carbocycles. The number of fused-ring (bicyclic) bond motifs is 3. The number of aromatic nitrogens is 2. The maximum Gasteiger partial charge on any atom is 0.360 e. The van der Waals surface area contributed by atoms with E-state index in [0.29, 0.717) is 5.82 Å². The Labute approximate surface area is 137 Å². The monoisotopic (exact) mass is 339 g/mol. The fraction of sp³-hybridized carbons (Fsp3) is 0.571. The van der Waals surface area contributed by atoms with E-state index in [1.54, 1.807) is 4.57 Å². The number of esters is 3. The molecule has 130 valence electrons. The summed E-state index contributed by atoms with van der Waals surface area (Å²) < 4.78 is 22.7. The number of hydrogen-bond donors (Lipinski definition) is 1. The van der Waals surface area contributed by atoms with Gasteiger partial charge >= 0.3 is 17.9 Å². The summed E-state index contributed by atoms with van der Waals surface area (Å²) in [7, 11) is 1.26. The lowest BCUT2D eigenvalue weighted by molar-refractivity contribution is -0.164. The van der Waals surface area contributed by atoms with Gasteiger partial charge in [0.2, 0.25) is 0 Å². The molecule has 1 N–H and O–H groups in total. The molecule has 1 unspecified atom stereocenters. The molecule has 24 heavy (non-hydrogen) atoms. The van der Waals surface area contributed by atoms with E-state index in [2.05, 4.69) is 10.3 Å². The molecule has 1 aromatic rings. The number of nitrogens with one attached hydrogen (secondary N) is 1. The molecule has 2 aliphatic heterocycles. The van der Waals surface area contributed by atoms with Crippen LogP contribution in [0.2, 0.25) is 0 Å². The van der Waals surface area contributed by atoms with Crippen molar-refractivity contribution in [2.75, 3.05) is 12.4 Å². The number of carbonyl (C=O) groups is 3. The Morgan fingerprint density at radius 2 is 1.92 bits per heavy atom. The Morgan fingerprint density at radius 1 is 1.25 bits per heavy atom. The van der Waals surface area contributed by atoms with Crippen molar-refractivity contribution in [2.24, 2.45) is 0 Å². The second-order valence-electron chi connectivity index (χ2n) is 5.47. The van der Waals surface area contributed by atoms with Gasteiger partial charge in [-0.2, -0.15) is 0 Å². The van der Waals surface area contributed by atoms with E-state index in [-0.39, 0.29) is 12.2 Å². The minimum Gasteiger partial charge on any atom is -0.464 e. The van der Waals surface area contributed by atoms with Crippen LogP contribution in [0.4, 0.5) is 5.82 Å². The summed E-state index contributed by atoms with van der Waals surface area (Å²) in [6.07, 6.45) is -1.49. The fourth-order valence-corrected chi connectivity index (χ4v) is 2.89. The summed E-state index contributed by atoms with van der Waals surface area (Å²) in [4.78, 5) is 38.6. The van der Waals surface area contributed by atoms with E-state index < -0.39 is 42.4 Å². The van der Waals surface area contributed by atoms with Crippen LogP contribution in [-0.4, -0.2) is 59.1 Å². The molecule has 2 bridgehead atoms. The van der Waals surface area contributed by atoms with Crippen molar-refractivity contribution in [1.82, 2.24) is 9.55 Å². The molecule has 4 atom stereocenters. The van der Waals surface area contributed by atoms with Crippen LogP contribution < -0.4 is 5.32 Å². The smallest absolute Gasteiger partial charge is 0.360 e. The molecule has 10 nitrogen and oxygen atoms in total. The highest BCUT2D eigenvalue weighted by atomic mass is 16.6. The Kier molecular flexibility index (Phi) is 4.14. The summed E-state index contributed by atoms with van der Waals surface area (Å²) in [5.74, 6) is -1.24. The number of nitrogens with zero attached hydrogens (tertiary/aromatic N) is 2. The predicted octanol–water partition coefficient (Wildman–Crippen LogP) is -0.316. The number of methoxy groups -OCH3 is 1. The van der Waals surface area contributed by atoms with Crippen molar-refractivity contribution in [2.45, 2.75) is 44.9 Å². The van der Waals surface area contributed by atoms with E-state index in [0.717, 1.165) is 0 Å². The minimum atomic E-state index is -0.842. The van der Waals surface area contributed by atoms with Gasteiger partial charge in [0.15, 0.2) is 24.1 Å². The summed E-state index contributed by atoms with van der Waals surface area (Å²) in [6, 6.07) is 0. The van der Waals surface area contributed by atoms with Crippen molar-refractivity contribution in [3.8, 4) is 0 Å². The van der Waals surface area contributed by atoms with Crippen LogP contribution in [0.5, 0.6) is 0 Å². The van der Waals surface area contributed by atoms with Crippen molar-refractivity contribution >= 4 is 23.7 Å². The molecule has 0 aliphatic carbocycles. The van der Waals surface area contributed by atoms with E-state index >= 15 is 0 Å². The van der Waals surface area contributed by atoms with Gasteiger partial charge in [0.1, 0.15) is 11.9 Å². The topological polar surface area (TPSA) is 118 Å². The Hall–Kier alpha value is -2.62. The lowest BCUT2D eigenvalue weighted by Gasteiger charge is -2.26. The van der Waals surface area contributed by atoms with Gasteiger partial charge in [0.25, 0.3) is 0 Å². The third-order valence-corrected chi connectivity index (χ3v) is 3.79. The van der Waals surface area contributed by atoms with Crippen molar-refractivity contribution < 1.29 is 33.3 Å². The first-order chi connectivity index (χ1) is 11.4. The first kappa shape index (κ1) is 16.2. The van der Waals surface area contributed by atoms with Gasteiger partial charge in [0, 0.05) is 13.8 Å². The van der Waals surface area contributed by atoms with Gasteiger partial charge in [0.05, 0.1) is 20.0 Å². The highest BCUT2D eigenvalue weighted by Gasteiger charge is 2.51. The lowest BCUT2D eigenvalue weighted by atomic mass is 10.1. The molecule has 1 fully saturated rings. The minimum absolute atomic E-state index is 0.0965. The van der Waals surface area contributed by atoms with Gasteiger partial charge in [-0.1, -0.05) is 0 Å². The number of anilines is 1. The molecule has 1 aromatic heterocycles. The van der Waals surface area contributed by atoms with Crippen LogP contribution >= 0.6 is 0 Å². The largest absolute Gasteiger partial charge is 0.464 e. The van der Waals surface area contributed by atoms with Crippen LogP contribution in [0, 0.1) is 0 Å². The number of imidazole rings is 1. The molecule has 0 spiro atoms. The number of hydrogen-bond acceptors (Lipinski definition) is 9. The second kappa shape index (κ2) is 6.11. The molecular formula is C14H17N3O7. The van der Waals surface area contributed by atoms with Crippen LogP contribution in [0.3, 0.4) is 0 Å². The first-order valence-electron chi connectivity index (χ1n) is 7.30. The Balaban J connectivity index is 1.93. The molecule has 0 radical (unpaired) electrons. The fourth-order valence-electron chi connectivity index (χ4n) is 2.89. The van der Waals surface area contributed by atoms with Crippen molar-refractivity contribution in [3.05, 3.63) is 12.0 Å². The molecule has 0 amide bonds. The van der Waals surface area contributed by atoms with E-state index in [1.807, 2.05) is 0 Å². The summed E-state index contributed by atoms with van der Waals surface area (Å²) in [5, 5.41) is 2.98. The molecule has 1 saturated heterocycles. The zero-order valence-corrected chi connectivity index (χ0v) is 13.3. The molecule has 10 heteroatoms. The zero-order chi connectivity index (χ0) is 17.4. The van der Waals surface area contributed by atoms with Crippen LogP contribution in [0.25, 0.3) is 0 Å². The summed E-state index contributed by atoms with van der Waals surface area (Å²) >= 11 is 0. The van der Waals surface area contributed by atoms with E-state index in [1.165, 1.54) is 27.3 Å². The summed E-state index contributed by atoms with van der Waals surface area (Å²) in [6.45, 7) is 2.79. The Morgan fingerprint density at radius 3 is 2.54 bits per heavy atom.